The summed E-state index contributed by atoms with van der Waals surface area (Å²) in [4.78, 5) is 24.8. The molecular formula is C11H13NO4S3. The van der Waals surface area contributed by atoms with E-state index in [4.69, 9.17) is 17.0 Å². The molecule has 2 rings (SSSR count). The van der Waals surface area contributed by atoms with Crippen LogP contribution in [0.2, 0.25) is 0 Å². The first-order valence-corrected chi connectivity index (χ1v) is 8.02. The Bertz CT molecular complexity index is 451. The average molecular weight is 319 g/mol. The van der Waals surface area contributed by atoms with Crippen molar-refractivity contribution in [3.8, 4) is 0 Å². The third kappa shape index (κ3) is 3.06. The van der Waals surface area contributed by atoms with Crippen molar-refractivity contribution in [2.24, 2.45) is 0 Å². The minimum Gasteiger partial charge on any atom is -0.479 e. The Morgan fingerprint density at radius 1 is 1.74 bits per heavy atom. The van der Waals surface area contributed by atoms with Crippen molar-refractivity contribution in [2.45, 2.75) is 24.8 Å². The smallest absolute Gasteiger partial charge is 0.331 e. The summed E-state index contributed by atoms with van der Waals surface area (Å²) in [5, 5.41) is 9.20. The van der Waals surface area contributed by atoms with E-state index in [0.717, 1.165) is 4.91 Å². The highest BCUT2D eigenvalue weighted by atomic mass is 32.2. The largest absolute Gasteiger partial charge is 0.479 e. The normalized spacial score (nSPS) is 27.1. The molecule has 0 radical (unpaired) electrons. The van der Waals surface area contributed by atoms with Gasteiger partial charge in [-0.2, -0.15) is 0 Å². The molecule has 0 bridgehead atoms. The van der Waals surface area contributed by atoms with E-state index in [2.05, 4.69) is 0 Å². The zero-order valence-corrected chi connectivity index (χ0v) is 12.6. The lowest BCUT2D eigenvalue weighted by Gasteiger charge is -2.35. The highest BCUT2D eigenvalue weighted by molar-refractivity contribution is 8.22. The third-order valence-electron chi connectivity index (χ3n) is 2.75. The second-order valence-electron chi connectivity index (χ2n) is 3.92. The van der Waals surface area contributed by atoms with Gasteiger partial charge in [0.2, 0.25) is 10.3 Å². The SMILES string of the molecule is CCOC(=S)SCC=C1S[C@@H]2CC(=O)N2C1C(=O)O. The van der Waals surface area contributed by atoms with Crippen molar-refractivity contribution in [1.82, 2.24) is 4.90 Å². The number of fused-ring (bicyclic) bond motifs is 1. The highest BCUT2D eigenvalue weighted by Crippen LogP contribution is 2.46. The number of nitrogens with zero attached hydrogens (tertiary/aromatic N) is 1. The highest BCUT2D eigenvalue weighted by Gasteiger charge is 2.52. The molecule has 2 aliphatic rings. The zero-order valence-electron chi connectivity index (χ0n) is 10.2. The molecule has 19 heavy (non-hydrogen) atoms. The number of rotatable bonds is 4. The predicted molar refractivity (Wildman–Crippen MR) is 79.0 cm³/mol. The summed E-state index contributed by atoms with van der Waals surface area (Å²) in [6, 6.07) is -0.822. The van der Waals surface area contributed by atoms with Crippen LogP contribution in [0.4, 0.5) is 0 Å². The van der Waals surface area contributed by atoms with Crippen LogP contribution < -0.4 is 0 Å². The molecular weight excluding hydrogens is 306 g/mol. The number of carboxylic acids is 1. The number of ether oxygens (including phenoxy) is 1. The van der Waals surface area contributed by atoms with Gasteiger partial charge >= 0.3 is 5.97 Å². The lowest BCUT2D eigenvalue weighted by molar-refractivity contribution is -0.154. The number of amides is 1. The van der Waals surface area contributed by atoms with E-state index in [1.807, 2.05) is 13.0 Å². The van der Waals surface area contributed by atoms with Gasteiger partial charge in [-0.25, -0.2) is 4.79 Å². The maximum Gasteiger partial charge on any atom is 0.331 e. The fourth-order valence-electron chi connectivity index (χ4n) is 1.92. The van der Waals surface area contributed by atoms with Crippen LogP contribution in [0, 0.1) is 0 Å². The Labute approximate surface area is 124 Å². The fourth-order valence-corrected chi connectivity index (χ4v) is 4.36. The number of β-lactam (4-membered cyclic amide) rings is 1. The molecule has 1 amide bonds. The summed E-state index contributed by atoms with van der Waals surface area (Å²) in [5.41, 5.74) is 0. The summed E-state index contributed by atoms with van der Waals surface area (Å²) in [7, 11) is 0. The first kappa shape index (κ1) is 14.7. The topological polar surface area (TPSA) is 66.8 Å². The molecule has 1 N–H and O–H groups in total. The first-order valence-electron chi connectivity index (χ1n) is 5.74. The second-order valence-corrected chi connectivity index (χ2v) is 6.79. The van der Waals surface area contributed by atoms with Crippen molar-refractivity contribution >= 4 is 52.0 Å². The minimum atomic E-state index is -0.980. The third-order valence-corrected chi connectivity index (χ3v) is 5.24. The number of carbonyl (C=O) groups is 2. The first-order chi connectivity index (χ1) is 9.04. The summed E-state index contributed by atoms with van der Waals surface area (Å²) in [6.45, 7) is 2.38. The van der Waals surface area contributed by atoms with Gasteiger partial charge < -0.3 is 14.7 Å². The van der Waals surface area contributed by atoms with Crippen molar-refractivity contribution in [3.63, 3.8) is 0 Å². The van der Waals surface area contributed by atoms with Crippen LogP contribution in [0.25, 0.3) is 0 Å². The quantitative estimate of drug-likeness (QED) is 0.624. The Morgan fingerprint density at radius 3 is 3.05 bits per heavy atom. The van der Waals surface area contributed by atoms with E-state index in [1.165, 1.54) is 28.4 Å². The van der Waals surface area contributed by atoms with Gasteiger partial charge in [-0.3, -0.25) is 4.79 Å². The number of thiocarbonyl (C=S) groups is 1. The van der Waals surface area contributed by atoms with Gasteiger partial charge in [-0.05, 0) is 19.1 Å². The molecule has 1 unspecified atom stereocenters. The van der Waals surface area contributed by atoms with E-state index < -0.39 is 12.0 Å². The maximum atomic E-state index is 11.4. The van der Waals surface area contributed by atoms with Gasteiger partial charge in [0.25, 0.3) is 0 Å². The Hall–Kier alpha value is -0.730. The van der Waals surface area contributed by atoms with Crippen LogP contribution in [0.5, 0.6) is 0 Å². The van der Waals surface area contributed by atoms with E-state index in [1.54, 1.807) is 0 Å². The Balaban J connectivity index is 1.97. The fraction of sp³-hybridized carbons (Fsp3) is 0.545. The number of thioether (sulfide) groups is 2. The number of carboxylic acid groups (broad SMARTS) is 1. The molecule has 2 fully saturated rings. The maximum absolute atomic E-state index is 11.4. The van der Waals surface area contributed by atoms with Crippen LogP contribution in [-0.4, -0.2) is 50.0 Å². The molecule has 0 aliphatic carbocycles. The average Bonchev–Trinajstić information content (AvgIpc) is 2.62. The van der Waals surface area contributed by atoms with Crippen LogP contribution in [0.3, 0.4) is 0 Å². The second kappa shape index (κ2) is 6.15. The van der Waals surface area contributed by atoms with Crippen LogP contribution in [-0.2, 0) is 14.3 Å². The summed E-state index contributed by atoms with van der Waals surface area (Å²) >= 11 is 7.78. The number of hydrogen-bond acceptors (Lipinski definition) is 6. The standard InChI is InChI=1S/C11H13NO4S3/c1-2-16-11(17)18-4-3-6-9(10(14)15)12-7(13)5-8(12)19-6/h3,8-9H,2,4-5H2,1H3,(H,14,15)/t8-,9?/m1/s1. The monoisotopic (exact) mass is 319 g/mol. The molecule has 8 heteroatoms. The molecule has 0 spiro atoms. The van der Waals surface area contributed by atoms with Crippen molar-refractivity contribution in [2.75, 3.05) is 12.4 Å². The minimum absolute atomic E-state index is 0.0105. The zero-order chi connectivity index (χ0) is 14.0. The van der Waals surface area contributed by atoms with E-state index >= 15 is 0 Å². The van der Waals surface area contributed by atoms with Gasteiger partial charge in [0.1, 0.15) is 0 Å². The van der Waals surface area contributed by atoms with Crippen LogP contribution in [0.1, 0.15) is 13.3 Å². The molecule has 5 nitrogen and oxygen atoms in total. The Kier molecular flexibility index (Phi) is 4.75. The van der Waals surface area contributed by atoms with Gasteiger partial charge in [-0.1, -0.05) is 17.8 Å². The summed E-state index contributed by atoms with van der Waals surface area (Å²) in [6.07, 6.45) is 2.25. The number of hydrogen-bond donors (Lipinski definition) is 1. The van der Waals surface area contributed by atoms with Gasteiger partial charge in [0.15, 0.2) is 6.04 Å². The molecule has 0 aromatic heterocycles. The molecule has 2 aliphatic heterocycles. The number of aliphatic carboxylic acids is 1. The van der Waals surface area contributed by atoms with Crippen LogP contribution >= 0.6 is 35.7 Å². The van der Waals surface area contributed by atoms with Crippen molar-refractivity contribution in [3.05, 3.63) is 11.0 Å². The molecule has 0 aromatic carbocycles. The lowest BCUT2D eigenvalue weighted by atomic mass is 10.1. The van der Waals surface area contributed by atoms with E-state index in [-0.39, 0.29) is 11.3 Å². The van der Waals surface area contributed by atoms with E-state index in [0.29, 0.717) is 23.2 Å². The van der Waals surface area contributed by atoms with Gasteiger partial charge in [0, 0.05) is 10.7 Å². The van der Waals surface area contributed by atoms with Crippen molar-refractivity contribution < 1.29 is 19.4 Å². The molecule has 0 saturated carbocycles. The predicted octanol–water partition coefficient (Wildman–Crippen LogP) is 1.68. The summed E-state index contributed by atoms with van der Waals surface area (Å²) in [5.74, 6) is -0.517. The molecule has 104 valence electrons. The molecule has 0 aromatic rings. The van der Waals surface area contributed by atoms with Crippen LogP contribution in [0.15, 0.2) is 11.0 Å². The molecule has 2 heterocycles. The summed E-state index contributed by atoms with van der Waals surface area (Å²) < 4.78 is 5.58. The molecule has 2 saturated heterocycles. The van der Waals surface area contributed by atoms with Gasteiger partial charge in [-0.15, -0.1) is 11.8 Å². The Morgan fingerprint density at radius 2 is 2.47 bits per heavy atom. The number of carbonyl (C=O) groups excluding carboxylic acids is 1. The lowest BCUT2D eigenvalue weighted by Crippen LogP contribution is -2.53. The molecule has 2 atom stereocenters. The van der Waals surface area contributed by atoms with Gasteiger partial charge in [0.05, 0.1) is 18.4 Å². The van der Waals surface area contributed by atoms with E-state index in [9.17, 15) is 14.7 Å². The van der Waals surface area contributed by atoms with Crippen molar-refractivity contribution in [1.29, 1.82) is 0 Å².